The van der Waals surface area contributed by atoms with Crippen molar-refractivity contribution in [2.75, 3.05) is 0 Å². The van der Waals surface area contributed by atoms with E-state index in [1.54, 1.807) is 13.0 Å². The number of hydrogen-bond acceptors (Lipinski definition) is 2. The van der Waals surface area contributed by atoms with Crippen molar-refractivity contribution in [3.63, 3.8) is 0 Å². The summed E-state index contributed by atoms with van der Waals surface area (Å²) in [6.45, 7) is 16.6. The van der Waals surface area contributed by atoms with Crippen LogP contribution in [-0.4, -0.2) is 21.0 Å². The molecule has 0 aromatic carbocycles. The van der Waals surface area contributed by atoms with Crippen molar-refractivity contribution in [1.29, 1.82) is 0 Å². The summed E-state index contributed by atoms with van der Waals surface area (Å²) in [6, 6.07) is 1.77. The first-order valence-electron chi connectivity index (χ1n) is 7.42. The molecule has 0 spiro atoms. The minimum atomic E-state index is -4.12. The predicted octanol–water partition coefficient (Wildman–Crippen LogP) is 4.88. The first-order chi connectivity index (χ1) is 8.78. The van der Waals surface area contributed by atoms with Gasteiger partial charge in [-0.05, 0) is 35.9 Å². The van der Waals surface area contributed by atoms with Gasteiger partial charge in [0, 0.05) is 0 Å². The third kappa shape index (κ3) is 4.71. The van der Waals surface area contributed by atoms with Crippen molar-refractivity contribution in [3.8, 4) is 0 Å². The summed E-state index contributed by atoms with van der Waals surface area (Å²) in [4.78, 5) is 0. The van der Waals surface area contributed by atoms with Gasteiger partial charge in [0.25, 0.3) is 10.1 Å². The highest BCUT2D eigenvalue weighted by Gasteiger charge is 2.51. The fourth-order valence-corrected chi connectivity index (χ4v) is 12.9. The van der Waals surface area contributed by atoms with Crippen LogP contribution in [0.1, 0.15) is 55.4 Å². The van der Waals surface area contributed by atoms with E-state index in [2.05, 4.69) is 48.5 Å². The van der Waals surface area contributed by atoms with Gasteiger partial charge in [0.1, 0.15) is 8.07 Å². The maximum Gasteiger partial charge on any atom is 0.286 e. The second-order valence-electron chi connectivity index (χ2n) is 7.66. The summed E-state index contributed by atoms with van der Waals surface area (Å²) in [6.07, 6.45) is 1.64. The van der Waals surface area contributed by atoms with E-state index < -0.39 is 18.2 Å². The molecule has 0 saturated carbocycles. The third-order valence-electron chi connectivity index (χ3n) is 3.96. The van der Waals surface area contributed by atoms with Crippen LogP contribution in [0.3, 0.4) is 0 Å². The fourth-order valence-electron chi connectivity index (χ4n) is 3.33. The molecular formula is C15H32O3SSi. The Morgan fingerprint density at radius 1 is 1.10 bits per heavy atom. The molecule has 0 radical (unpaired) electrons. The highest BCUT2D eigenvalue weighted by Crippen LogP contribution is 2.50. The number of hydrogen-bond donors (Lipinski definition) is 1. The van der Waals surface area contributed by atoms with Crippen molar-refractivity contribution < 1.29 is 13.0 Å². The van der Waals surface area contributed by atoms with Gasteiger partial charge in [0.15, 0.2) is 0 Å². The summed E-state index contributed by atoms with van der Waals surface area (Å²) >= 11 is 0. The van der Waals surface area contributed by atoms with E-state index in [0.29, 0.717) is 16.4 Å². The van der Waals surface area contributed by atoms with Crippen LogP contribution in [0.4, 0.5) is 0 Å². The fraction of sp³-hybridized carbons (Fsp3) is 0.867. The second-order valence-corrected chi connectivity index (χ2v) is 14.4. The normalized spacial score (nSPS) is 15.2. The molecule has 0 fully saturated rings. The SMILES string of the molecule is C/C=C(/[Si](CC(C)C)(CC(C)C)C(C)(C)C)S(=O)(=O)O. The van der Waals surface area contributed by atoms with E-state index in [9.17, 15) is 13.0 Å². The van der Waals surface area contributed by atoms with Gasteiger partial charge in [-0.3, -0.25) is 4.55 Å². The van der Waals surface area contributed by atoms with E-state index in [4.69, 9.17) is 0 Å². The Kier molecular flexibility index (Phi) is 6.71. The average Bonchev–Trinajstić information content (AvgIpc) is 2.11. The van der Waals surface area contributed by atoms with Gasteiger partial charge >= 0.3 is 0 Å². The lowest BCUT2D eigenvalue weighted by atomic mass is 10.2. The van der Waals surface area contributed by atoms with Crippen molar-refractivity contribution >= 4 is 18.2 Å². The maximum absolute atomic E-state index is 11.9. The van der Waals surface area contributed by atoms with E-state index >= 15 is 0 Å². The molecule has 0 atom stereocenters. The van der Waals surface area contributed by atoms with Gasteiger partial charge in [-0.2, -0.15) is 8.42 Å². The highest BCUT2D eigenvalue weighted by atomic mass is 32.2. The molecule has 3 nitrogen and oxygen atoms in total. The molecule has 0 aliphatic carbocycles. The molecule has 120 valence electrons. The van der Waals surface area contributed by atoms with Crippen LogP contribution in [0.25, 0.3) is 0 Å². The minimum absolute atomic E-state index is 0.112. The van der Waals surface area contributed by atoms with E-state index in [1.165, 1.54) is 0 Å². The van der Waals surface area contributed by atoms with Crippen molar-refractivity contribution in [2.24, 2.45) is 11.8 Å². The molecule has 5 heteroatoms. The van der Waals surface area contributed by atoms with Crippen molar-refractivity contribution in [2.45, 2.75) is 72.5 Å². The Morgan fingerprint density at radius 3 is 1.60 bits per heavy atom. The Hall–Kier alpha value is -0.133. The Labute approximate surface area is 126 Å². The first kappa shape index (κ1) is 19.9. The molecule has 0 rings (SSSR count). The molecule has 0 bridgehead atoms. The molecule has 1 N–H and O–H groups in total. The molecule has 0 amide bonds. The molecule has 0 aromatic rings. The predicted molar refractivity (Wildman–Crippen MR) is 90.1 cm³/mol. The topological polar surface area (TPSA) is 54.4 Å². The van der Waals surface area contributed by atoms with Gasteiger partial charge in [-0.1, -0.05) is 54.5 Å². The van der Waals surface area contributed by atoms with E-state index in [1.807, 2.05) is 0 Å². The lowest BCUT2D eigenvalue weighted by Crippen LogP contribution is -2.50. The van der Waals surface area contributed by atoms with Crippen molar-refractivity contribution in [1.82, 2.24) is 0 Å². The smallest absolute Gasteiger partial charge is 0.282 e. The standard InChI is InChI=1S/C15H32O3SSi/c1-9-14(19(16,17)18)20(10-12(2)3,11-13(4)5)15(6,7)8/h9,12-13H,10-11H2,1-8H3,(H,16,17,18)/b14-9+. The third-order valence-corrected chi connectivity index (χ3v) is 13.8. The van der Waals surface area contributed by atoms with Gasteiger partial charge < -0.3 is 0 Å². The summed E-state index contributed by atoms with van der Waals surface area (Å²) in [7, 11) is -6.49. The molecule has 20 heavy (non-hydrogen) atoms. The minimum Gasteiger partial charge on any atom is -0.282 e. The van der Waals surface area contributed by atoms with Gasteiger partial charge in [-0.25, -0.2) is 0 Å². The zero-order valence-electron chi connectivity index (χ0n) is 14.3. The Balaban J connectivity index is 6.26. The molecule has 0 aliphatic rings. The van der Waals surface area contributed by atoms with Crippen LogP contribution in [0.2, 0.25) is 17.1 Å². The van der Waals surface area contributed by atoms with Crippen molar-refractivity contribution in [3.05, 3.63) is 10.6 Å². The van der Waals surface area contributed by atoms with Gasteiger partial charge in [0.2, 0.25) is 0 Å². The van der Waals surface area contributed by atoms with E-state index in [-0.39, 0.29) is 5.04 Å². The largest absolute Gasteiger partial charge is 0.286 e. The Morgan fingerprint density at radius 2 is 1.45 bits per heavy atom. The zero-order valence-corrected chi connectivity index (χ0v) is 16.1. The quantitative estimate of drug-likeness (QED) is 0.560. The van der Waals surface area contributed by atoms with Crippen LogP contribution in [0.5, 0.6) is 0 Å². The number of allylic oxidation sites excluding steroid dienone is 1. The zero-order chi connectivity index (χ0) is 16.4. The maximum atomic E-state index is 11.9. The van der Waals surface area contributed by atoms with E-state index in [0.717, 1.165) is 12.1 Å². The average molecular weight is 321 g/mol. The lowest BCUT2D eigenvalue weighted by molar-refractivity contribution is 0.491. The number of rotatable bonds is 6. The van der Waals surface area contributed by atoms with Crippen LogP contribution in [0, 0.1) is 11.8 Å². The molecule has 0 aliphatic heterocycles. The molecule has 0 aromatic heterocycles. The second kappa shape index (κ2) is 6.75. The monoisotopic (exact) mass is 320 g/mol. The van der Waals surface area contributed by atoms with Crippen LogP contribution in [-0.2, 0) is 10.1 Å². The van der Waals surface area contributed by atoms with Gasteiger partial charge in [0.05, 0.1) is 4.53 Å². The summed E-state index contributed by atoms with van der Waals surface area (Å²) in [5.41, 5.74) is 0. The molecule has 0 heterocycles. The lowest BCUT2D eigenvalue weighted by Gasteiger charge is -2.46. The molecule has 0 unspecified atom stereocenters. The summed E-state index contributed by atoms with van der Waals surface area (Å²) in [5, 5.41) is -0.112. The summed E-state index contributed by atoms with van der Waals surface area (Å²) in [5.74, 6) is 0.827. The molecular weight excluding hydrogens is 288 g/mol. The van der Waals surface area contributed by atoms with Crippen LogP contribution >= 0.6 is 0 Å². The summed E-state index contributed by atoms with van der Waals surface area (Å²) < 4.78 is 33.9. The first-order valence-corrected chi connectivity index (χ1v) is 11.3. The molecule has 0 saturated heterocycles. The van der Waals surface area contributed by atoms with Crippen LogP contribution in [0.15, 0.2) is 10.6 Å². The van der Waals surface area contributed by atoms with Crippen LogP contribution < -0.4 is 0 Å². The highest BCUT2D eigenvalue weighted by molar-refractivity contribution is 7.92. The Bertz CT molecular complexity index is 432. The van der Waals surface area contributed by atoms with Gasteiger partial charge in [-0.15, -0.1) is 0 Å².